The number of amides is 2. The van der Waals surface area contributed by atoms with Crippen LogP contribution in [0.1, 0.15) is 15.9 Å². The van der Waals surface area contributed by atoms with Crippen molar-refractivity contribution in [1.29, 1.82) is 0 Å². The third-order valence-electron chi connectivity index (χ3n) is 2.85. The highest BCUT2D eigenvalue weighted by Crippen LogP contribution is 2.22. The van der Waals surface area contributed by atoms with Crippen LogP contribution in [0.3, 0.4) is 0 Å². The molecule has 1 aliphatic rings. The number of carbonyl (C=O) groups is 2. The molecule has 0 spiro atoms. The van der Waals surface area contributed by atoms with Crippen molar-refractivity contribution in [2.24, 2.45) is 5.73 Å². The number of primary amides is 1. The number of anilines is 1. The van der Waals surface area contributed by atoms with Gasteiger partial charge >= 0.3 is 0 Å². The van der Waals surface area contributed by atoms with Gasteiger partial charge in [0.05, 0.1) is 6.61 Å². The summed E-state index contributed by atoms with van der Waals surface area (Å²) in [5.41, 5.74) is 7.82. The monoisotopic (exact) mass is 263 g/mol. The van der Waals surface area contributed by atoms with Crippen LogP contribution in [0.15, 0.2) is 18.2 Å². The van der Waals surface area contributed by atoms with Crippen LogP contribution in [0, 0.1) is 0 Å². The van der Waals surface area contributed by atoms with Crippen molar-refractivity contribution in [2.75, 3.05) is 31.6 Å². The molecule has 0 aromatic heterocycles. The minimum atomic E-state index is -0.516. The number of benzene rings is 1. The van der Waals surface area contributed by atoms with Gasteiger partial charge in [-0.3, -0.25) is 9.59 Å². The minimum Gasteiger partial charge on any atom is -0.384 e. The van der Waals surface area contributed by atoms with Gasteiger partial charge < -0.3 is 21.1 Å². The van der Waals surface area contributed by atoms with E-state index in [1.807, 2.05) is 12.1 Å². The molecule has 4 N–H and O–H groups in total. The fraction of sp³-hybridized carbons (Fsp3) is 0.385. The first-order chi connectivity index (χ1) is 9.16. The second kappa shape index (κ2) is 6.19. The second-order valence-corrected chi connectivity index (χ2v) is 4.32. The molecule has 2 rings (SSSR count). The smallest absolute Gasteiger partial charge is 0.251 e. The summed E-state index contributed by atoms with van der Waals surface area (Å²) in [6.45, 7) is 1.41. The van der Waals surface area contributed by atoms with Crippen molar-refractivity contribution in [2.45, 2.75) is 6.42 Å². The lowest BCUT2D eigenvalue weighted by Crippen LogP contribution is -2.28. The van der Waals surface area contributed by atoms with Crippen molar-refractivity contribution in [3.8, 4) is 0 Å². The lowest BCUT2D eigenvalue weighted by Gasteiger charge is -2.07. The molecule has 1 heterocycles. The summed E-state index contributed by atoms with van der Waals surface area (Å²) >= 11 is 0. The van der Waals surface area contributed by atoms with Gasteiger partial charge in [-0.15, -0.1) is 0 Å². The van der Waals surface area contributed by atoms with Crippen LogP contribution in [-0.4, -0.2) is 38.1 Å². The number of hydrogen-bond acceptors (Lipinski definition) is 4. The topological polar surface area (TPSA) is 93.5 Å². The molecule has 6 heteroatoms. The molecule has 2 amide bonds. The van der Waals surface area contributed by atoms with Crippen molar-refractivity contribution in [1.82, 2.24) is 5.32 Å². The van der Waals surface area contributed by atoms with Crippen LogP contribution in [0.4, 0.5) is 5.69 Å². The van der Waals surface area contributed by atoms with Crippen LogP contribution in [0.25, 0.3) is 0 Å². The Morgan fingerprint density at radius 3 is 3.05 bits per heavy atom. The molecule has 0 bridgehead atoms. The number of carbonyl (C=O) groups excluding carboxylic acids is 2. The largest absolute Gasteiger partial charge is 0.384 e. The average Bonchev–Trinajstić information content (AvgIpc) is 2.84. The number of rotatable bonds is 6. The summed E-state index contributed by atoms with van der Waals surface area (Å²) in [7, 11) is 0. The normalized spacial score (nSPS) is 12.6. The number of nitrogens with two attached hydrogens (primary N) is 1. The molecule has 1 aromatic carbocycles. The molecule has 6 nitrogen and oxygen atoms in total. The van der Waals surface area contributed by atoms with Crippen molar-refractivity contribution >= 4 is 17.5 Å². The highest BCUT2D eigenvalue weighted by molar-refractivity contribution is 5.95. The van der Waals surface area contributed by atoms with Gasteiger partial charge in [0, 0.05) is 24.3 Å². The minimum absolute atomic E-state index is 0.125. The Morgan fingerprint density at radius 1 is 1.42 bits per heavy atom. The molecule has 0 radical (unpaired) electrons. The lowest BCUT2D eigenvalue weighted by molar-refractivity contribution is -0.122. The number of nitrogens with one attached hydrogen (secondary N) is 2. The van der Waals surface area contributed by atoms with E-state index in [9.17, 15) is 9.59 Å². The van der Waals surface area contributed by atoms with Gasteiger partial charge in [0.1, 0.15) is 6.61 Å². The summed E-state index contributed by atoms with van der Waals surface area (Å²) in [5.74, 6) is -0.658. The zero-order valence-electron chi connectivity index (χ0n) is 10.6. The van der Waals surface area contributed by atoms with Gasteiger partial charge in [-0.25, -0.2) is 0 Å². The molecule has 0 atom stereocenters. The summed E-state index contributed by atoms with van der Waals surface area (Å²) in [6, 6.07) is 5.60. The van der Waals surface area contributed by atoms with Gasteiger partial charge in [-0.2, -0.15) is 0 Å². The Balaban J connectivity index is 1.78. The fourth-order valence-electron chi connectivity index (χ4n) is 1.96. The molecule has 0 saturated carbocycles. The maximum atomic E-state index is 11.9. The third-order valence-corrected chi connectivity index (χ3v) is 2.85. The van der Waals surface area contributed by atoms with Crippen LogP contribution < -0.4 is 16.4 Å². The van der Waals surface area contributed by atoms with Gasteiger partial charge in [0.2, 0.25) is 5.91 Å². The molecule has 0 unspecified atom stereocenters. The van der Waals surface area contributed by atoms with E-state index in [4.69, 9.17) is 10.5 Å². The fourth-order valence-corrected chi connectivity index (χ4v) is 1.96. The maximum Gasteiger partial charge on any atom is 0.251 e. The van der Waals surface area contributed by atoms with Crippen LogP contribution in [0.5, 0.6) is 0 Å². The van der Waals surface area contributed by atoms with Gasteiger partial charge in [-0.1, -0.05) is 0 Å². The zero-order valence-corrected chi connectivity index (χ0v) is 10.6. The van der Waals surface area contributed by atoms with E-state index in [0.29, 0.717) is 12.1 Å². The molecule has 1 aliphatic heterocycles. The quantitative estimate of drug-likeness (QED) is 0.624. The zero-order chi connectivity index (χ0) is 13.7. The van der Waals surface area contributed by atoms with Crippen molar-refractivity contribution < 1.29 is 14.3 Å². The highest BCUT2D eigenvalue weighted by Gasteiger charge is 2.13. The Bertz CT molecular complexity index is 488. The predicted octanol–water partition coefficient (Wildman–Crippen LogP) is -0.114. The Labute approximate surface area is 111 Å². The first-order valence-corrected chi connectivity index (χ1v) is 6.18. The van der Waals surface area contributed by atoms with Crippen LogP contribution >= 0.6 is 0 Å². The van der Waals surface area contributed by atoms with E-state index in [1.54, 1.807) is 6.07 Å². The first kappa shape index (κ1) is 13.4. The van der Waals surface area contributed by atoms with Crippen LogP contribution in [-0.2, 0) is 16.0 Å². The Kier molecular flexibility index (Phi) is 4.35. The molecule has 102 valence electrons. The number of hydrogen-bond donors (Lipinski definition) is 3. The Morgan fingerprint density at radius 2 is 2.26 bits per heavy atom. The lowest BCUT2D eigenvalue weighted by atomic mass is 10.1. The average molecular weight is 263 g/mol. The van der Waals surface area contributed by atoms with Crippen molar-refractivity contribution in [3.05, 3.63) is 29.3 Å². The standard InChI is InChI=1S/C13H17N3O3/c14-12(17)8-19-6-5-16-13(18)10-1-2-11-9(7-10)3-4-15-11/h1-2,7,15H,3-6,8H2,(H2,14,17)(H,16,18). The highest BCUT2D eigenvalue weighted by atomic mass is 16.5. The van der Waals surface area contributed by atoms with Crippen molar-refractivity contribution in [3.63, 3.8) is 0 Å². The predicted molar refractivity (Wildman–Crippen MR) is 71.0 cm³/mol. The number of fused-ring (bicyclic) bond motifs is 1. The molecule has 1 aromatic rings. The maximum absolute atomic E-state index is 11.9. The third kappa shape index (κ3) is 3.69. The molecule has 0 saturated heterocycles. The second-order valence-electron chi connectivity index (χ2n) is 4.32. The molecule has 0 fully saturated rings. The molecular formula is C13H17N3O3. The SMILES string of the molecule is NC(=O)COCCNC(=O)c1ccc2c(c1)CCN2. The molecular weight excluding hydrogens is 246 g/mol. The molecule has 19 heavy (non-hydrogen) atoms. The Hall–Kier alpha value is -2.08. The summed E-state index contributed by atoms with van der Waals surface area (Å²) in [6.07, 6.45) is 0.943. The summed E-state index contributed by atoms with van der Waals surface area (Å²) in [5, 5.41) is 5.97. The summed E-state index contributed by atoms with van der Waals surface area (Å²) < 4.78 is 4.96. The molecule has 0 aliphatic carbocycles. The van der Waals surface area contributed by atoms with E-state index < -0.39 is 5.91 Å². The first-order valence-electron chi connectivity index (χ1n) is 6.18. The van der Waals surface area contributed by atoms with Crippen LogP contribution in [0.2, 0.25) is 0 Å². The number of ether oxygens (including phenoxy) is 1. The van der Waals surface area contributed by atoms with E-state index >= 15 is 0 Å². The van der Waals surface area contributed by atoms with E-state index in [1.165, 1.54) is 0 Å². The van der Waals surface area contributed by atoms with Gasteiger partial charge in [0.25, 0.3) is 5.91 Å². The van der Waals surface area contributed by atoms with Gasteiger partial charge in [0.15, 0.2) is 0 Å². The van der Waals surface area contributed by atoms with E-state index in [0.717, 1.165) is 24.2 Å². The van der Waals surface area contributed by atoms with E-state index in [-0.39, 0.29) is 19.1 Å². The van der Waals surface area contributed by atoms with Gasteiger partial charge in [-0.05, 0) is 30.2 Å². The summed E-state index contributed by atoms with van der Waals surface area (Å²) in [4.78, 5) is 22.3. The van der Waals surface area contributed by atoms with E-state index in [2.05, 4.69) is 10.6 Å².